The summed E-state index contributed by atoms with van der Waals surface area (Å²) >= 11 is 0. The third-order valence-corrected chi connectivity index (χ3v) is 8.61. The van der Waals surface area contributed by atoms with Gasteiger partial charge in [-0.15, -0.1) is 0 Å². The highest BCUT2D eigenvalue weighted by Gasteiger charge is 2.34. The molecule has 1 aromatic rings. The van der Waals surface area contributed by atoms with Crippen LogP contribution in [0, 0.1) is 38.5 Å². The van der Waals surface area contributed by atoms with Gasteiger partial charge in [-0.1, -0.05) is 72.6 Å². The molecule has 38 heavy (non-hydrogen) atoms. The summed E-state index contributed by atoms with van der Waals surface area (Å²) in [5.41, 5.74) is 4.58. The zero-order valence-corrected chi connectivity index (χ0v) is 26.1. The molecule has 1 aliphatic rings. The minimum atomic E-state index is -0.437. The Bertz CT molecular complexity index is 880. The summed E-state index contributed by atoms with van der Waals surface area (Å²) in [5.74, 6) is 4.45. The molecule has 1 aromatic carbocycles. The average Bonchev–Trinajstić information content (AvgIpc) is 2.86. The van der Waals surface area contributed by atoms with Gasteiger partial charge in [0.1, 0.15) is 30.3 Å². The predicted molar refractivity (Wildman–Crippen MR) is 159 cm³/mol. The van der Waals surface area contributed by atoms with Crippen LogP contribution in [0.15, 0.2) is 0 Å². The number of fused-ring (bicyclic) bond motifs is 1. The SMILES string of the molecule is CNC(=O)OCCOc1c(C)c(C)c2c(c1C)CC[C@@](C)(CCC[C@H](C)CCC[C@H](C)CCCC(C)C)O2. The summed E-state index contributed by atoms with van der Waals surface area (Å²) in [7, 11) is 1.55. The van der Waals surface area contributed by atoms with Gasteiger partial charge in [-0.05, 0) is 87.8 Å². The van der Waals surface area contributed by atoms with Crippen LogP contribution in [0.2, 0.25) is 0 Å². The second kappa shape index (κ2) is 15.6. The third kappa shape index (κ3) is 10.0. The number of hydrogen-bond donors (Lipinski definition) is 1. The maximum absolute atomic E-state index is 11.3. The summed E-state index contributed by atoms with van der Waals surface area (Å²) in [5, 5.41) is 2.45. The molecule has 0 saturated carbocycles. The Morgan fingerprint density at radius 1 is 0.895 bits per heavy atom. The van der Waals surface area contributed by atoms with Crippen molar-refractivity contribution in [2.24, 2.45) is 17.8 Å². The Labute approximate surface area is 233 Å². The second-order valence-electron chi connectivity index (χ2n) is 12.7. The van der Waals surface area contributed by atoms with Crippen molar-refractivity contribution in [2.45, 2.75) is 132 Å². The van der Waals surface area contributed by atoms with Gasteiger partial charge in [0.2, 0.25) is 0 Å². The van der Waals surface area contributed by atoms with Crippen LogP contribution in [0.5, 0.6) is 11.5 Å². The first-order chi connectivity index (χ1) is 18.0. The number of amides is 1. The maximum atomic E-state index is 11.3. The molecule has 0 bridgehead atoms. The lowest BCUT2D eigenvalue weighted by atomic mass is 9.83. The van der Waals surface area contributed by atoms with Crippen LogP contribution in [0.4, 0.5) is 4.79 Å². The fraction of sp³-hybridized carbons (Fsp3) is 0.788. The third-order valence-electron chi connectivity index (χ3n) is 8.61. The zero-order chi connectivity index (χ0) is 28.3. The molecule has 0 saturated heterocycles. The van der Waals surface area contributed by atoms with Gasteiger partial charge in [-0.2, -0.15) is 0 Å². The Hall–Kier alpha value is -1.91. The molecule has 5 heteroatoms. The van der Waals surface area contributed by atoms with E-state index < -0.39 is 6.09 Å². The molecule has 0 aromatic heterocycles. The maximum Gasteiger partial charge on any atom is 0.406 e. The summed E-state index contributed by atoms with van der Waals surface area (Å²) in [6, 6.07) is 0. The second-order valence-corrected chi connectivity index (χ2v) is 12.7. The number of nitrogens with one attached hydrogen (secondary N) is 1. The quantitative estimate of drug-likeness (QED) is 0.216. The lowest BCUT2D eigenvalue weighted by molar-refractivity contribution is 0.0511. The van der Waals surface area contributed by atoms with E-state index in [1.807, 2.05) is 0 Å². The van der Waals surface area contributed by atoms with E-state index in [-0.39, 0.29) is 12.2 Å². The van der Waals surface area contributed by atoms with Crippen LogP contribution in [-0.4, -0.2) is 32.0 Å². The van der Waals surface area contributed by atoms with Gasteiger partial charge >= 0.3 is 6.09 Å². The molecule has 1 aliphatic heterocycles. The topological polar surface area (TPSA) is 56.8 Å². The van der Waals surface area contributed by atoms with Crippen molar-refractivity contribution in [3.05, 3.63) is 22.3 Å². The van der Waals surface area contributed by atoms with Gasteiger partial charge < -0.3 is 19.5 Å². The van der Waals surface area contributed by atoms with Crippen LogP contribution >= 0.6 is 0 Å². The fourth-order valence-corrected chi connectivity index (χ4v) is 5.83. The number of alkyl carbamates (subject to hydrolysis) is 1. The minimum absolute atomic E-state index is 0.106. The Morgan fingerprint density at radius 3 is 2.11 bits per heavy atom. The molecule has 1 heterocycles. The van der Waals surface area contributed by atoms with Crippen LogP contribution in [0.25, 0.3) is 0 Å². The highest BCUT2D eigenvalue weighted by Crippen LogP contribution is 2.45. The monoisotopic (exact) mass is 531 g/mol. The van der Waals surface area contributed by atoms with Gasteiger partial charge in [0.05, 0.1) is 0 Å². The van der Waals surface area contributed by atoms with E-state index >= 15 is 0 Å². The first-order valence-corrected chi connectivity index (χ1v) is 15.3. The predicted octanol–water partition coefficient (Wildman–Crippen LogP) is 8.87. The highest BCUT2D eigenvalue weighted by atomic mass is 16.6. The first-order valence-electron chi connectivity index (χ1n) is 15.3. The van der Waals surface area contributed by atoms with Crippen molar-refractivity contribution < 1.29 is 19.0 Å². The average molecular weight is 532 g/mol. The molecule has 2 rings (SSSR count). The first kappa shape index (κ1) is 32.3. The Morgan fingerprint density at radius 2 is 1.50 bits per heavy atom. The number of rotatable bonds is 16. The molecule has 0 fully saturated rings. The van der Waals surface area contributed by atoms with Gasteiger partial charge in [-0.25, -0.2) is 4.79 Å². The Balaban J connectivity index is 1.82. The van der Waals surface area contributed by atoms with Gasteiger partial charge in [0, 0.05) is 12.6 Å². The van der Waals surface area contributed by atoms with Crippen molar-refractivity contribution in [3.8, 4) is 11.5 Å². The van der Waals surface area contributed by atoms with Crippen molar-refractivity contribution >= 4 is 6.09 Å². The summed E-state index contributed by atoms with van der Waals surface area (Å²) in [6.07, 6.45) is 13.5. The van der Waals surface area contributed by atoms with E-state index in [0.29, 0.717) is 6.61 Å². The normalized spacial score (nSPS) is 18.5. The van der Waals surface area contributed by atoms with Gasteiger partial charge in [-0.3, -0.25) is 0 Å². The molecule has 0 unspecified atom stereocenters. The Kier molecular flexibility index (Phi) is 13.3. The van der Waals surface area contributed by atoms with E-state index in [1.54, 1.807) is 7.05 Å². The number of benzene rings is 1. The van der Waals surface area contributed by atoms with Gasteiger partial charge in [0.15, 0.2) is 0 Å². The van der Waals surface area contributed by atoms with Crippen LogP contribution in [-0.2, 0) is 11.2 Å². The van der Waals surface area contributed by atoms with Crippen molar-refractivity contribution in [1.29, 1.82) is 0 Å². The fourth-order valence-electron chi connectivity index (χ4n) is 5.83. The summed E-state index contributed by atoms with van der Waals surface area (Å²) in [6.45, 7) is 18.7. The molecule has 218 valence electrons. The van der Waals surface area contributed by atoms with Crippen LogP contribution < -0.4 is 14.8 Å². The molecule has 0 radical (unpaired) electrons. The molecular formula is C33H57NO4. The molecule has 0 spiro atoms. The molecule has 3 atom stereocenters. The number of carbonyl (C=O) groups is 1. The number of ether oxygens (including phenoxy) is 3. The number of hydrogen-bond acceptors (Lipinski definition) is 4. The molecule has 1 amide bonds. The van der Waals surface area contributed by atoms with Crippen LogP contribution in [0.1, 0.15) is 121 Å². The van der Waals surface area contributed by atoms with E-state index in [0.717, 1.165) is 65.2 Å². The summed E-state index contributed by atoms with van der Waals surface area (Å²) < 4.78 is 17.9. The molecule has 1 N–H and O–H groups in total. The van der Waals surface area contributed by atoms with E-state index in [2.05, 4.69) is 60.7 Å². The smallest absolute Gasteiger partial charge is 0.406 e. The summed E-state index contributed by atoms with van der Waals surface area (Å²) in [4.78, 5) is 11.3. The molecule has 0 aliphatic carbocycles. The minimum Gasteiger partial charge on any atom is -0.489 e. The molecule has 5 nitrogen and oxygen atoms in total. The zero-order valence-electron chi connectivity index (χ0n) is 26.1. The number of carbonyl (C=O) groups excluding carboxylic acids is 1. The van der Waals surface area contributed by atoms with E-state index in [1.165, 1.54) is 56.9 Å². The standard InChI is InChI=1S/C33H57NO4/c1-23(2)13-10-14-24(3)15-11-16-25(4)17-12-19-33(8)20-18-29-28(7)30(26(5)27(6)31(29)38-33)36-21-22-37-32(35)34-9/h23-25H,10-22H2,1-9H3,(H,34,35)/t24-,25-,33-/m1/s1. The van der Waals surface area contributed by atoms with E-state index in [4.69, 9.17) is 14.2 Å². The van der Waals surface area contributed by atoms with Crippen molar-refractivity contribution in [3.63, 3.8) is 0 Å². The lowest BCUT2D eigenvalue weighted by Crippen LogP contribution is -2.37. The van der Waals surface area contributed by atoms with E-state index in [9.17, 15) is 4.79 Å². The van der Waals surface area contributed by atoms with Crippen molar-refractivity contribution in [1.82, 2.24) is 5.32 Å². The van der Waals surface area contributed by atoms with Gasteiger partial charge in [0.25, 0.3) is 0 Å². The van der Waals surface area contributed by atoms with Crippen molar-refractivity contribution in [2.75, 3.05) is 20.3 Å². The lowest BCUT2D eigenvalue weighted by Gasteiger charge is -2.38. The highest BCUT2D eigenvalue weighted by molar-refractivity contribution is 5.66. The van der Waals surface area contributed by atoms with Crippen LogP contribution in [0.3, 0.4) is 0 Å². The largest absolute Gasteiger partial charge is 0.489 e. The molecular weight excluding hydrogens is 474 g/mol.